The summed E-state index contributed by atoms with van der Waals surface area (Å²) < 4.78 is 14.2. The van der Waals surface area contributed by atoms with Crippen molar-refractivity contribution in [3.63, 3.8) is 0 Å². The highest BCUT2D eigenvalue weighted by Gasteiger charge is 2.27. The number of rotatable bonds is 8. The maximum absolute atomic E-state index is 12.7. The van der Waals surface area contributed by atoms with Crippen molar-refractivity contribution in [1.29, 1.82) is 0 Å². The van der Waals surface area contributed by atoms with Crippen LogP contribution in [-0.2, 0) is 6.42 Å². The molecule has 0 unspecified atom stereocenters. The largest absolute Gasteiger partial charge is 0.352 e. The van der Waals surface area contributed by atoms with Crippen LogP contribution in [0.1, 0.15) is 52.7 Å². The topological polar surface area (TPSA) is 88.9 Å². The van der Waals surface area contributed by atoms with Crippen molar-refractivity contribution in [2.24, 2.45) is 0 Å². The van der Waals surface area contributed by atoms with Gasteiger partial charge in [-0.25, -0.2) is 4.68 Å². The Balaban J connectivity index is 1.86. The van der Waals surface area contributed by atoms with Gasteiger partial charge in [0.15, 0.2) is 5.69 Å². The zero-order valence-electron chi connectivity index (χ0n) is 14.7. The van der Waals surface area contributed by atoms with Crippen molar-refractivity contribution >= 4 is 11.8 Å². The average Bonchev–Trinajstić information content (AvgIpc) is 3.36. The van der Waals surface area contributed by atoms with Gasteiger partial charge in [-0.3, -0.25) is 14.0 Å². The van der Waals surface area contributed by atoms with Crippen LogP contribution in [0, 0.1) is 0 Å². The quantitative estimate of drug-likeness (QED) is 0.752. The van der Waals surface area contributed by atoms with E-state index in [2.05, 4.69) is 20.9 Å². The van der Waals surface area contributed by atoms with Crippen LogP contribution in [0.4, 0.5) is 4.39 Å². The molecule has 2 N–H and O–H groups in total. The smallest absolute Gasteiger partial charge is 0.273 e. The van der Waals surface area contributed by atoms with Crippen LogP contribution < -0.4 is 10.6 Å². The van der Waals surface area contributed by atoms with Crippen molar-refractivity contribution in [3.05, 3.63) is 41.2 Å². The second kappa shape index (κ2) is 8.07. The van der Waals surface area contributed by atoms with Gasteiger partial charge in [-0.1, -0.05) is 5.21 Å². The van der Waals surface area contributed by atoms with Crippen LogP contribution in [0.5, 0.6) is 0 Å². The molecule has 0 bridgehead atoms. The second-order valence-electron chi connectivity index (χ2n) is 6.24. The third kappa shape index (κ3) is 4.07. The van der Waals surface area contributed by atoms with Crippen molar-refractivity contribution in [1.82, 2.24) is 25.6 Å². The highest BCUT2D eigenvalue weighted by molar-refractivity contribution is 5.94. The van der Waals surface area contributed by atoms with E-state index in [1.165, 1.54) is 0 Å². The van der Waals surface area contributed by atoms with E-state index in [0.717, 1.165) is 12.8 Å². The Hall–Kier alpha value is -2.77. The lowest BCUT2D eigenvalue weighted by Gasteiger charge is -2.09. The van der Waals surface area contributed by atoms with Crippen molar-refractivity contribution in [3.8, 4) is 5.69 Å². The van der Waals surface area contributed by atoms with Gasteiger partial charge >= 0.3 is 0 Å². The Labute approximate surface area is 151 Å². The molecular weight excluding hydrogens is 337 g/mol. The molecule has 1 heterocycles. The van der Waals surface area contributed by atoms with E-state index < -0.39 is 6.67 Å². The average molecular weight is 359 g/mol. The van der Waals surface area contributed by atoms with Crippen LogP contribution in [0.25, 0.3) is 5.69 Å². The Bertz CT molecular complexity index is 783. The third-order valence-electron chi connectivity index (χ3n) is 4.15. The van der Waals surface area contributed by atoms with Crippen molar-refractivity contribution in [2.75, 3.05) is 13.2 Å². The fourth-order valence-electron chi connectivity index (χ4n) is 2.64. The molecule has 0 atom stereocenters. The fourth-order valence-corrected chi connectivity index (χ4v) is 2.64. The molecule has 138 valence electrons. The van der Waals surface area contributed by atoms with E-state index in [1.54, 1.807) is 28.9 Å². The Morgan fingerprint density at radius 1 is 1.23 bits per heavy atom. The first kappa shape index (κ1) is 18.0. The standard InChI is InChI=1S/C18H22FN5O2/c1-2-20-17(25)12-5-9-14(10-6-12)24-15(4-3-11-19)16(22-23-24)18(26)21-13-7-8-13/h5-6,9-10,13H,2-4,7-8,11H2,1H3,(H,20,25)(H,21,26). The number of alkyl halides is 1. The number of carbonyl (C=O) groups excluding carboxylic acids is 2. The van der Waals surface area contributed by atoms with Crippen LogP contribution in [0.2, 0.25) is 0 Å². The van der Waals surface area contributed by atoms with E-state index in [9.17, 15) is 14.0 Å². The first-order valence-corrected chi connectivity index (χ1v) is 8.84. The summed E-state index contributed by atoms with van der Waals surface area (Å²) >= 11 is 0. The number of amides is 2. The normalized spacial score (nSPS) is 13.5. The fraction of sp³-hybridized carbons (Fsp3) is 0.444. The van der Waals surface area contributed by atoms with Gasteiger partial charge in [-0.05, 0) is 56.9 Å². The molecule has 1 fully saturated rings. The van der Waals surface area contributed by atoms with Gasteiger partial charge in [0.2, 0.25) is 0 Å². The molecule has 2 aromatic rings. The minimum absolute atomic E-state index is 0.153. The molecule has 1 aromatic heterocycles. The SMILES string of the molecule is CCNC(=O)c1ccc(-n2nnc(C(=O)NC3CC3)c2CCCF)cc1. The second-order valence-corrected chi connectivity index (χ2v) is 6.24. The summed E-state index contributed by atoms with van der Waals surface area (Å²) in [4.78, 5) is 24.2. The minimum atomic E-state index is -0.481. The predicted molar refractivity (Wildman–Crippen MR) is 94.2 cm³/mol. The molecule has 1 aliphatic carbocycles. The molecule has 1 aliphatic rings. The zero-order valence-corrected chi connectivity index (χ0v) is 14.7. The Morgan fingerprint density at radius 3 is 2.58 bits per heavy atom. The molecule has 1 saturated carbocycles. The summed E-state index contributed by atoms with van der Waals surface area (Å²) in [6, 6.07) is 7.05. The summed E-state index contributed by atoms with van der Waals surface area (Å²) in [7, 11) is 0. The van der Waals surface area contributed by atoms with Gasteiger partial charge in [0, 0.05) is 18.2 Å². The maximum Gasteiger partial charge on any atom is 0.273 e. The van der Waals surface area contributed by atoms with E-state index >= 15 is 0 Å². The van der Waals surface area contributed by atoms with Crippen molar-refractivity contribution in [2.45, 2.75) is 38.6 Å². The highest BCUT2D eigenvalue weighted by Crippen LogP contribution is 2.21. The molecule has 0 radical (unpaired) electrons. The van der Waals surface area contributed by atoms with Gasteiger partial charge in [-0.15, -0.1) is 5.10 Å². The van der Waals surface area contributed by atoms with E-state index in [1.807, 2.05) is 6.92 Å². The van der Waals surface area contributed by atoms with E-state index in [0.29, 0.717) is 29.9 Å². The molecule has 0 spiro atoms. The number of nitrogens with zero attached hydrogens (tertiary/aromatic N) is 3. The lowest BCUT2D eigenvalue weighted by atomic mass is 10.1. The van der Waals surface area contributed by atoms with Crippen molar-refractivity contribution < 1.29 is 14.0 Å². The van der Waals surface area contributed by atoms with Gasteiger partial charge in [0.05, 0.1) is 18.1 Å². The summed E-state index contributed by atoms with van der Waals surface area (Å²) in [5.74, 6) is -0.425. The first-order chi connectivity index (χ1) is 12.6. The number of nitrogens with one attached hydrogen (secondary N) is 2. The maximum atomic E-state index is 12.7. The molecule has 2 amide bonds. The molecule has 8 heteroatoms. The highest BCUT2D eigenvalue weighted by atomic mass is 19.1. The molecule has 0 saturated heterocycles. The molecule has 0 aliphatic heterocycles. The number of hydrogen-bond acceptors (Lipinski definition) is 4. The van der Waals surface area contributed by atoms with E-state index in [4.69, 9.17) is 0 Å². The van der Waals surface area contributed by atoms with E-state index in [-0.39, 0.29) is 30.0 Å². The summed E-state index contributed by atoms with van der Waals surface area (Å²) in [5.41, 5.74) is 2.02. The zero-order chi connectivity index (χ0) is 18.5. The van der Waals surface area contributed by atoms with Crippen LogP contribution >= 0.6 is 0 Å². The van der Waals surface area contributed by atoms with Gasteiger partial charge in [-0.2, -0.15) is 0 Å². The number of benzene rings is 1. The predicted octanol–water partition coefficient (Wildman–Crippen LogP) is 1.81. The van der Waals surface area contributed by atoms with Gasteiger partial charge in [0.25, 0.3) is 11.8 Å². The molecular formula is C18H22FN5O2. The lowest BCUT2D eigenvalue weighted by molar-refractivity contribution is 0.0940. The Morgan fingerprint density at radius 2 is 1.96 bits per heavy atom. The molecule has 7 nitrogen and oxygen atoms in total. The molecule has 1 aromatic carbocycles. The number of aromatic nitrogens is 3. The molecule has 26 heavy (non-hydrogen) atoms. The third-order valence-corrected chi connectivity index (χ3v) is 4.15. The number of carbonyl (C=O) groups is 2. The van der Waals surface area contributed by atoms with Gasteiger partial charge in [0.1, 0.15) is 0 Å². The van der Waals surface area contributed by atoms with Crippen LogP contribution in [-0.4, -0.2) is 46.1 Å². The summed E-state index contributed by atoms with van der Waals surface area (Å²) in [5, 5.41) is 13.7. The molecule has 3 rings (SSSR count). The van der Waals surface area contributed by atoms with Crippen LogP contribution in [0.3, 0.4) is 0 Å². The first-order valence-electron chi connectivity index (χ1n) is 8.84. The Kier molecular flexibility index (Phi) is 5.60. The number of hydrogen-bond donors (Lipinski definition) is 2. The van der Waals surface area contributed by atoms with Crippen LogP contribution in [0.15, 0.2) is 24.3 Å². The number of halogens is 1. The van der Waals surface area contributed by atoms with Gasteiger partial charge < -0.3 is 10.6 Å². The monoisotopic (exact) mass is 359 g/mol. The summed E-state index contributed by atoms with van der Waals surface area (Å²) in [6.07, 6.45) is 2.59. The summed E-state index contributed by atoms with van der Waals surface area (Å²) in [6.45, 7) is 1.93. The lowest BCUT2D eigenvalue weighted by Crippen LogP contribution is -2.27. The minimum Gasteiger partial charge on any atom is -0.352 e.